The van der Waals surface area contributed by atoms with Crippen molar-refractivity contribution in [2.75, 3.05) is 0 Å². The van der Waals surface area contributed by atoms with Gasteiger partial charge in [0.2, 0.25) is 0 Å². The van der Waals surface area contributed by atoms with Crippen LogP contribution >= 0.6 is 11.8 Å². The lowest BCUT2D eigenvalue weighted by Crippen LogP contribution is -2.01. The number of hydrogen-bond donors (Lipinski definition) is 1. The number of halogens is 2. The zero-order valence-electron chi connectivity index (χ0n) is 9.85. The maximum absolute atomic E-state index is 13.1. The van der Waals surface area contributed by atoms with Crippen molar-refractivity contribution in [1.29, 1.82) is 0 Å². The minimum Gasteiger partial charge on any atom is -0.478 e. The van der Waals surface area contributed by atoms with Gasteiger partial charge in [-0.3, -0.25) is 0 Å². The first-order valence-corrected chi connectivity index (χ1v) is 6.13. The predicted molar refractivity (Wildman–Crippen MR) is 66.4 cm³/mol. The Morgan fingerprint density at radius 1 is 1.21 bits per heavy atom. The number of aryl methyl sites for hydroxylation is 1. The van der Waals surface area contributed by atoms with E-state index in [-0.39, 0.29) is 10.6 Å². The molecule has 2 aromatic rings. The van der Waals surface area contributed by atoms with Crippen molar-refractivity contribution < 1.29 is 18.7 Å². The van der Waals surface area contributed by atoms with Crippen LogP contribution in [0.1, 0.15) is 16.1 Å². The van der Waals surface area contributed by atoms with Gasteiger partial charge in [-0.15, -0.1) is 0 Å². The Kier molecular flexibility index (Phi) is 3.80. The second kappa shape index (κ2) is 5.36. The maximum Gasteiger partial charge on any atom is 0.338 e. The standard InChI is InChI=1S/C13H9F2NO2S/c1-7-2-4-9(13(17)18)12(16-7)19-8-3-5-10(14)11(15)6-8/h2-6H,1H3,(H,17,18). The number of hydrogen-bond acceptors (Lipinski definition) is 3. The molecular formula is C13H9F2NO2S. The van der Waals surface area contributed by atoms with Crippen LogP contribution in [0.15, 0.2) is 40.3 Å². The summed E-state index contributed by atoms with van der Waals surface area (Å²) < 4.78 is 25.9. The van der Waals surface area contributed by atoms with E-state index in [1.165, 1.54) is 12.1 Å². The quantitative estimate of drug-likeness (QED) is 0.935. The van der Waals surface area contributed by atoms with Crippen molar-refractivity contribution in [3.05, 3.63) is 53.2 Å². The molecule has 19 heavy (non-hydrogen) atoms. The van der Waals surface area contributed by atoms with Gasteiger partial charge in [-0.2, -0.15) is 0 Å². The van der Waals surface area contributed by atoms with Crippen LogP contribution in [0.5, 0.6) is 0 Å². The number of aromatic carboxylic acids is 1. The monoisotopic (exact) mass is 281 g/mol. The number of carboxylic acids is 1. The van der Waals surface area contributed by atoms with Gasteiger partial charge in [-0.05, 0) is 37.3 Å². The van der Waals surface area contributed by atoms with Gasteiger partial charge in [0.25, 0.3) is 0 Å². The van der Waals surface area contributed by atoms with Crippen molar-refractivity contribution in [2.45, 2.75) is 16.8 Å². The van der Waals surface area contributed by atoms with E-state index in [0.717, 1.165) is 23.9 Å². The lowest BCUT2D eigenvalue weighted by molar-refractivity contribution is 0.0692. The molecule has 6 heteroatoms. The van der Waals surface area contributed by atoms with E-state index in [9.17, 15) is 13.6 Å². The van der Waals surface area contributed by atoms with E-state index in [2.05, 4.69) is 4.98 Å². The number of rotatable bonds is 3. The Bertz CT molecular complexity index is 647. The Labute approximate surface area is 112 Å². The van der Waals surface area contributed by atoms with Gasteiger partial charge < -0.3 is 5.11 Å². The van der Waals surface area contributed by atoms with Gasteiger partial charge in [0, 0.05) is 10.6 Å². The summed E-state index contributed by atoms with van der Waals surface area (Å²) in [4.78, 5) is 15.6. The second-order valence-corrected chi connectivity index (χ2v) is 4.85. The molecule has 3 nitrogen and oxygen atoms in total. The smallest absolute Gasteiger partial charge is 0.338 e. The highest BCUT2D eigenvalue weighted by atomic mass is 32.2. The normalized spacial score (nSPS) is 10.5. The molecule has 0 atom stereocenters. The minimum atomic E-state index is -1.11. The third-order valence-electron chi connectivity index (χ3n) is 2.34. The molecule has 0 bridgehead atoms. The largest absolute Gasteiger partial charge is 0.478 e. The first-order chi connectivity index (χ1) is 8.97. The fraction of sp³-hybridized carbons (Fsp3) is 0.0769. The first kappa shape index (κ1) is 13.5. The molecule has 2 rings (SSSR count). The third kappa shape index (κ3) is 3.08. The summed E-state index contributed by atoms with van der Waals surface area (Å²) in [6.45, 7) is 1.72. The van der Waals surface area contributed by atoms with Gasteiger partial charge in [-0.25, -0.2) is 18.6 Å². The minimum absolute atomic E-state index is 0.0281. The van der Waals surface area contributed by atoms with E-state index >= 15 is 0 Å². The van der Waals surface area contributed by atoms with Crippen molar-refractivity contribution in [3.63, 3.8) is 0 Å². The van der Waals surface area contributed by atoms with E-state index in [4.69, 9.17) is 5.11 Å². The fourth-order valence-electron chi connectivity index (χ4n) is 1.43. The third-order valence-corrected chi connectivity index (χ3v) is 3.33. The summed E-state index contributed by atoms with van der Waals surface area (Å²) in [7, 11) is 0. The van der Waals surface area contributed by atoms with Crippen LogP contribution in [-0.2, 0) is 0 Å². The summed E-state index contributed by atoms with van der Waals surface area (Å²) in [6.07, 6.45) is 0. The second-order valence-electron chi connectivity index (χ2n) is 3.79. The highest BCUT2D eigenvalue weighted by molar-refractivity contribution is 7.99. The number of pyridine rings is 1. The summed E-state index contributed by atoms with van der Waals surface area (Å²) >= 11 is 0.981. The molecule has 0 saturated carbocycles. The first-order valence-electron chi connectivity index (χ1n) is 5.31. The molecule has 0 spiro atoms. The van der Waals surface area contributed by atoms with E-state index < -0.39 is 17.6 Å². The lowest BCUT2D eigenvalue weighted by Gasteiger charge is -2.06. The highest BCUT2D eigenvalue weighted by Crippen LogP contribution is 2.30. The number of carbonyl (C=O) groups is 1. The molecule has 0 fully saturated rings. The Morgan fingerprint density at radius 3 is 2.58 bits per heavy atom. The van der Waals surface area contributed by atoms with Crippen LogP contribution in [0, 0.1) is 18.6 Å². The molecule has 98 valence electrons. The molecule has 0 saturated heterocycles. The Hall–Kier alpha value is -1.95. The number of aromatic nitrogens is 1. The molecule has 1 aromatic carbocycles. The van der Waals surface area contributed by atoms with Gasteiger partial charge in [-0.1, -0.05) is 11.8 Å². The van der Waals surface area contributed by atoms with Gasteiger partial charge in [0.15, 0.2) is 11.6 Å². The summed E-state index contributed by atoms with van der Waals surface area (Å²) in [6, 6.07) is 6.40. The van der Waals surface area contributed by atoms with Gasteiger partial charge >= 0.3 is 5.97 Å². The van der Waals surface area contributed by atoms with Crippen molar-refractivity contribution in [1.82, 2.24) is 4.98 Å². The van der Waals surface area contributed by atoms with Crippen molar-refractivity contribution in [3.8, 4) is 0 Å². The highest BCUT2D eigenvalue weighted by Gasteiger charge is 2.14. The zero-order valence-corrected chi connectivity index (χ0v) is 10.7. The van der Waals surface area contributed by atoms with E-state index in [1.54, 1.807) is 13.0 Å². The molecule has 0 radical (unpaired) electrons. The van der Waals surface area contributed by atoms with Crippen LogP contribution in [0.25, 0.3) is 0 Å². The maximum atomic E-state index is 13.1. The molecule has 1 N–H and O–H groups in total. The van der Waals surface area contributed by atoms with Crippen LogP contribution in [-0.4, -0.2) is 16.1 Å². The van der Waals surface area contributed by atoms with Crippen molar-refractivity contribution >= 4 is 17.7 Å². The van der Waals surface area contributed by atoms with Gasteiger partial charge in [0.1, 0.15) is 5.03 Å². The molecule has 1 heterocycles. The van der Waals surface area contributed by atoms with Crippen LogP contribution in [0.2, 0.25) is 0 Å². The average Bonchev–Trinajstić information content (AvgIpc) is 2.33. The van der Waals surface area contributed by atoms with Crippen LogP contribution in [0.3, 0.4) is 0 Å². The molecule has 0 aliphatic rings. The topological polar surface area (TPSA) is 50.2 Å². The molecule has 0 unspecified atom stereocenters. The van der Waals surface area contributed by atoms with Gasteiger partial charge in [0.05, 0.1) is 5.56 Å². The zero-order chi connectivity index (χ0) is 14.0. The predicted octanol–water partition coefficient (Wildman–Crippen LogP) is 3.52. The van der Waals surface area contributed by atoms with E-state index in [1.807, 2.05) is 0 Å². The fourth-order valence-corrected chi connectivity index (χ4v) is 2.40. The molecule has 0 amide bonds. The number of carboxylic acid groups (broad SMARTS) is 1. The SMILES string of the molecule is Cc1ccc(C(=O)O)c(Sc2ccc(F)c(F)c2)n1. The Morgan fingerprint density at radius 2 is 1.95 bits per heavy atom. The number of benzene rings is 1. The molecule has 1 aromatic heterocycles. The average molecular weight is 281 g/mol. The lowest BCUT2D eigenvalue weighted by atomic mass is 10.2. The van der Waals surface area contributed by atoms with Crippen LogP contribution in [0.4, 0.5) is 8.78 Å². The summed E-state index contributed by atoms with van der Waals surface area (Å²) in [5.41, 5.74) is 0.676. The van der Waals surface area contributed by atoms with E-state index in [0.29, 0.717) is 10.6 Å². The number of nitrogens with zero attached hydrogens (tertiary/aromatic N) is 1. The Balaban J connectivity index is 2.39. The summed E-state index contributed by atoms with van der Waals surface area (Å²) in [5, 5.41) is 9.29. The molecule has 0 aliphatic heterocycles. The molecule has 0 aliphatic carbocycles. The summed E-state index contributed by atoms with van der Waals surface area (Å²) in [5.74, 6) is -3.04. The molecular weight excluding hydrogens is 272 g/mol. The van der Waals surface area contributed by atoms with Crippen LogP contribution < -0.4 is 0 Å². The van der Waals surface area contributed by atoms with Crippen molar-refractivity contribution in [2.24, 2.45) is 0 Å².